The number of rotatable bonds is 7. The SMILES string of the molecule is CCNC(=NCc1ccc(C(=O)N(C)C)cc1)NCCN1CC(C)CC(C)C1. The van der Waals surface area contributed by atoms with E-state index < -0.39 is 0 Å². The van der Waals surface area contributed by atoms with E-state index in [-0.39, 0.29) is 5.91 Å². The lowest BCUT2D eigenvalue weighted by molar-refractivity contribution is 0.0827. The van der Waals surface area contributed by atoms with Crippen molar-refractivity contribution in [2.75, 3.05) is 46.8 Å². The summed E-state index contributed by atoms with van der Waals surface area (Å²) in [6.45, 7) is 12.5. The van der Waals surface area contributed by atoms with E-state index >= 15 is 0 Å². The molecule has 1 aliphatic rings. The van der Waals surface area contributed by atoms with Gasteiger partial charge in [-0.25, -0.2) is 4.99 Å². The number of piperidine rings is 1. The van der Waals surface area contributed by atoms with E-state index in [1.54, 1.807) is 19.0 Å². The maximum Gasteiger partial charge on any atom is 0.253 e. The van der Waals surface area contributed by atoms with E-state index in [4.69, 9.17) is 0 Å². The highest BCUT2D eigenvalue weighted by Gasteiger charge is 2.21. The average Bonchev–Trinajstić information content (AvgIpc) is 2.65. The first kappa shape index (κ1) is 22.2. The van der Waals surface area contributed by atoms with Gasteiger partial charge in [0.15, 0.2) is 5.96 Å². The quantitative estimate of drug-likeness (QED) is 0.557. The summed E-state index contributed by atoms with van der Waals surface area (Å²) in [6.07, 6.45) is 1.34. The molecule has 0 spiro atoms. The number of benzene rings is 1. The summed E-state index contributed by atoms with van der Waals surface area (Å²) in [5, 5.41) is 6.76. The van der Waals surface area contributed by atoms with Gasteiger partial charge in [-0.3, -0.25) is 4.79 Å². The van der Waals surface area contributed by atoms with Gasteiger partial charge in [0.1, 0.15) is 0 Å². The molecule has 2 unspecified atom stereocenters. The maximum absolute atomic E-state index is 12.0. The van der Waals surface area contributed by atoms with Gasteiger partial charge in [-0.2, -0.15) is 0 Å². The predicted molar refractivity (Wildman–Crippen MR) is 117 cm³/mol. The minimum atomic E-state index is 0.0198. The Hall–Kier alpha value is -2.08. The third-order valence-corrected chi connectivity index (χ3v) is 5.04. The molecule has 2 atom stereocenters. The van der Waals surface area contributed by atoms with Crippen LogP contribution < -0.4 is 10.6 Å². The molecular weight excluding hydrogens is 350 g/mol. The van der Waals surface area contributed by atoms with E-state index in [1.807, 2.05) is 24.3 Å². The van der Waals surface area contributed by atoms with Crippen LogP contribution in [0.4, 0.5) is 0 Å². The number of hydrogen-bond acceptors (Lipinski definition) is 3. The Balaban J connectivity index is 1.85. The summed E-state index contributed by atoms with van der Waals surface area (Å²) in [4.78, 5) is 20.8. The molecule has 0 aromatic heterocycles. The first-order chi connectivity index (χ1) is 13.4. The van der Waals surface area contributed by atoms with Gasteiger partial charge in [0.05, 0.1) is 6.54 Å². The Labute approximate surface area is 170 Å². The molecule has 6 heteroatoms. The molecule has 1 aliphatic heterocycles. The van der Waals surface area contributed by atoms with Crippen LogP contribution in [0.3, 0.4) is 0 Å². The predicted octanol–water partition coefficient (Wildman–Crippen LogP) is 2.42. The van der Waals surface area contributed by atoms with Crippen molar-refractivity contribution in [1.82, 2.24) is 20.4 Å². The molecule has 6 nitrogen and oxygen atoms in total. The van der Waals surface area contributed by atoms with Crippen LogP contribution in [0.15, 0.2) is 29.3 Å². The number of likely N-dealkylation sites (tertiary alicyclic amines) is 1. The minimum Gasteiger partial charge on any atom is -0.357 e. The molecule has 1 fully saturated rings. The standard InChI is InChI=1S/C22H37N5O/c1-6-23-22(24-11-12-27-15-17(2)13-18(3)16-27)25-14-19-7-9-20(10-8-19)21(28)26(4)5/h7-10,17-18H,6,11-16H2,1-5H3,(H2,23,24,25). The van der Waals surface area contributed by atoms with E-state index in [9.17, 15) is 4.79 Å². The molecule has 1 saturated heterocycles. The summed E-state index contributed by atoms with van der Waals surface area (Å²) < 4.78 is 0. The van der Waals surface area contributed by atoms with E-state index in [1.165, 1.54) is 19.5 Å². The van der Waals surface area contributed by atoms with E-state index in [0.717, 1.165) is 43.0 Å². The van der Waals surface area contributed by atoms with Crippen molar-refractivity contribution >= 4 is 11.9 Å². The molecule has 0 bridgehead atoms. The number of nitrogens with one attached hydrogen (secondary N) is 2. The Morgan fingerprint density at radius 1 is 1.14 bits per heavy atom. The van der Waals surface area contributed by atoms with Crippen molar-refractivity contribution in [1.29, 1.82) is 0 Å². The summed E-state index contributed by atoms with van der Waals surface area (Å²) in [5.74, 6) is 2.43. The van der Waals surface area contributed by atoms with Gasteiger partial charge in [0.2, 0.25) is 0 Å². The topological polar surface area (TPSA) is 60.0 Å². The third-order valence-electron chi connectivity index (χ3n) is 5.04. The van der Waals surface area contributed by atoms with Gasteiger partial charge in [0, 0.05) is 52.4 Å². The maximum atomic E-state index is 12.0. The van der Waals surface area contributed by atoms with E-state index in [0.29, 0.717) is 12.1 Å². The molecule has 0 radical (unpaired) electrons. The summed E-state index contributed by atoms with van der Waals surface area (Å²) >= 11 is 0. The van der Waals surface area contributed by atoms with E-state index in [2.05, 4.69) is 41.3 Å². The van der Waals surface area contributed by atoms with Gasteiger partial charge in [-0.05, 0) is 42.9 Å². The van der Waals surface area contributed by atoms with Crippen molar-refractivity contribution in [3.8, 4) is 0 Å². The molecule has 0 aliphatic carbocycles. The largest absolute Gasteiger partial charge is 0.357 e. The van der Waals surface area contributed by atoms with Crippen LogP contribution in [0, 0.1) is 11.8 Å². The molecular formula is C22H37N5O. The number of nitrogens with zero attached hydrogens (tertiary/aromatic N) is 3. The Morgan fingerprint density at radius 3 is 2.36 bits per heavy atom. The van der Waals surface area contributed by atoms with Crippen LogP contribution in [-0.2, 0) is 6.54 Å². The smallest absolute Gasteiger partial charge is 0.253 e. The van der Waals surface area contributed by atoms with Crippen LogP contribution in [0.2, 0.25) is 0 Å². The molecule has 0 saturated carbocycles. The van der Waals surface area contributed by atoms with Gasteiger partial charge in [-0.15, -0.1) is 0 Å². The number of aliphatic imine (C=N–C) groups is 1. The molecule has 1 amide bonds. The first-order valence-corrected chi connectivity index (χ1v) is 10.4. The third kappa shape index (κ3) is 7.15. The Bertz CT molecular complexity index is 631. The van der Waals surface area contributed by atoms with Gasteiger partial charge in [0.25, 0.3) is 5.91 Å². The highest BCUT2D eigenvalue weighted by atomic mass is 16.2. The Kier molecular flexibility index (Phi) is 8.77. The highest BCUT2D eigenvalue weighted by molar-refractivity contribution is 5.93. The molecule has 156 valence electrons. The molecule has 28 heavy (non-hydrogen) atoms. The summed E-state index contributed by atoms with van der Waals surface area (Å²) in [6, 6.07) is 7.68. The van der Waals surface area contributed by atoms with Crippen LogP contribution in [0.25, 0.3) is 0 Å². The van der Waals surface area contributed by atoms with Crippen molar-refractivity contribution in [2.45, 2.75) is 33.7 Å². The van der Waals surface area contributed by atoms with Crippen molar-refractivity contribution < 1.29 is 4.79 Å². The van der Waals surface area contributed by atoms with Crippen molar-refractivity contribution in [2.24, 2.45) is 16.8 Å². The fraction of sp³-hybridized carbons (Fsp3) is 0.636. The number of carbonyl (C=O) groups excluding carboxylic acids is 1. The van der Waals surface area contributed by atoms with Crippen LogP contribution in [-0.4, -0.2) is 68.5 Å². The zero-order valence-electron chi connectivity index (χ0n) is 18.2. The number of guanidine groups is 1. The zero-order valence-corrected chi connectivity index (χ0v) is 18.2. The summed E-state index contributed by atoms with van der Waals surface area (Å²) in [5.41, 5.74) is 1.79. The lowest BCUT2D eigenvalue weighted by atomic mass is 9.92. The minimum absolute atomic E-state index is 0.0198. The normalized spacial score (nSPS) is 20.7. The number of carbonyl (C=O) groups is 1. The van der Waals surface area contributed by atoms with Crippen molar-refractivity contribution in [3.63, 3.8) is 0 Å². The Morgan fingerprint density at radius 2 is 1.79 bits per heavy atom. The molecule has 1 aromatic carbocycles. The molecule has 1 heterocycles. The van der Waals surface area contributed by atoms with Crippen LogP contribution in [0.1, 0.15) is 43.1 Å². The second-order valence-electron chi connectivity index (χ2n) is 8.22. The van der Waals surface area contributed by atoms with Gasteiger partial charge in [-0.1, -0.05) is 26.0 Å². The number of amides is 1. The summed E-state index contributed by atoms with van der Waals surface area (Å²) in [7, 11) is 3.53. The molecule has 2 N–H and O–H groups in total. The second kappa shape index (κ2) is 11.1. The molecule has 2 rings (SSSR count). The fourth-order valence-corrected chi connectivity index (χ4v) is 3.83. The lowest BCUT2D eigenvalue weighted by Gasteiger charge is -2.35. The highest BCUT2D eigenvalue weighted by Crippen LogP contribution is 2.20. The van der Waals surface area contributed by atoms with Crippen LogP contribution >= 0.6 is 0 Å². The average molecular weight is 388 g/mol. The van der Waals surface area contributed by atoms with Crippen LogP contribution in [0.5, 0.6) is 0 Å². The lowest BCUT2D eigenvalue weighted by Crippen LogP contribution is -2.45. The monoisotopic (exact) mass is 387 g/mol. The molecule has 1 aromatic rings. The fourth-order valence-electron chi connectivity index (χ4n) is 3.83. The first-order valence-electron chi connectivity index (χ1n) is 10.4. The second-order valence-corrected chi connectivity index (χ2v) is 8.22. The van der Waals surface area contributed by atoms with Crippen molar-refractivity contribution in [3.05, 3.63) is 35.4 Å². The number of hydrogen-bond donors (Lipinski definition) is 2. The zero-order chi connectivity index (χ0) is 20.5. The van der Waals surface area contributed by atoms with Gasteiger partial charge >= 0.3 is 0 Å². The van der Waals surface area contributed by atoms with Gasteiger partial charge < -0.3 is 20.4 Å².